The minimum absolute atomic E-state index is 0.0122. The van der Waals surface area contributed by atoms with Crippen LogP contribution in [-0.4, -0.2) is 46.7 Å². The zero-order valence-electron chi connectivity index (χ0n) is 25.2. The first-order valence-corrected chi connectivity index (χ1v) is 14.7. The van der Waals surface area contributed by atoms with Crippen molar-refractivity contribution in [3.05, 3.63) is 154 Å². The zero-order chi connectivity index (χ0) is 33.8. The second-order valence-corrected chi connectivity index (χ2v) is 10.6. The largest absolute Gasteiger partial charge is 0.507 e. The lowest BCUT2D eigenvalue weighted by Crippen LogP contribution is -2.35. The minimum atomic E-state index is -1.00. The number of aliphatic hydroxyl groups excluding tert-OH is 2. The van der Waals surface area contributed by atoms with Crippen LogP contribution in [0.2, 0.25) is 0 Å². The molecule has 4 N–H and O–H groups in total. The molecular formula is C37H32F2N2O6. The summed E-state index contributed by atoms with van der Waals surface area (Å²) in [5, 5.41) is 25.5. The molecule has 0 atom stereocenters. The Bertz CT molecular complexity index is 1720. The summed E-state index contributed by atoms with van der Waals surface area (Å²) < 4.78 is 28.0. The lowest BCUT2D eigenvalue weighted by Gasteiger charge is -2.07. The average Bonchev–Trinajstić information content (AvgIpc) is 3.06. The lowest BCUT2D eigenvalue weighted by atomic mass is 10.0. The molecule has 4 aromatic rings. The summed E-state index contributed by atoms with van der Waals surface area (Å²) in [4.78, 5) is 49.0. The Morgan fingerprint density at radius 3 is 1.38 bits per heavy atom. The number of hydrogen-bond donors (Lipinski definition) is 4. The fourth-order valence-electron chi connectivity index (χ4n) is 4.62. The second-order valence-electron chi connectivity index (χ2n) is 10.6. The number of benzene rings is 4. The topological polar surface area (TPSA) is 133 Å². The van der Waals surface area contributed by atoms with Gasteiger partial charge in [0.25, 0.3) is 11.8 Å². The first kappa shape index (κ1) is 34.0. The van der Waals surface area contributed by atoms with Gasteiger partial charge in [0.1, 0.15) is 23.2 Å². The number of nitrogens with one attached hydrogen (secondary N) is 2. The maximum Gasteiger partial charge on any atom is 0.291 e. The average molecular weight is 639 g/mol. The van der Waals surface area contributed by atoms with E-state index in [2.05, 4.69) is 10.6 Å². The van der Waals surface area contributed by atoms with Gasteiger partial charge in [-0.2, -0.15) is 0 Å². The molecule has 0 radical (unpaired) electrons. The summed E-state index contributed by atoms with van der Waals surface area (Å²) in [6, 6.07) is 25.7. The van der Waals surface area contributed by atoms with Crippen LogP contribution < -0.4 is 10.6 Å². The fourth-order valence-corrected chi connectivity index (χ4v) is 4.62. The number of ketones is 2. The predicted octanol–water partition coefficient (Wildman–Crippen LogP) is 5.41. The summed E-state index contributed by atoms with van der Waals surface area (Å²) in [6.07, 6.45) is 2.29. The number of hydrogen-bond acceptors (Lipinski definition) is 6. The van der Waals surface area contributed by atoms with Gasteiger partial charge in [0.2, 0.25) is 11.6 Å². The quantitative estimate of drug-likeness (QED) is 0.0633. The van der Waals surface area contributed by atoms with Gasteiger partial charge in [-0.05, 0) is 52.9 Å². The Morgan fingerprint density at radius 2 is 0.979 bits per heavy atom. The fraction of sp³-hybridized carbons (Fsp3) is 0.135. The highest BCUT2D eigenvalue weighted by molar-refractivity contribution is 6.42. The van der Waals surface area contributed by atoms with Crippen LogP contribution in [0.3, 0.4) is 0 Å². The van der Waals surface area contributed by atoms with E-state index in [0.29, 0.717) is 22.3 Å². The molecule has 0 unspecified atom stereocenters. The molecule has 0 spiro atoms. The Kier molecular flexibility index (Phi) is 11.9. The van der Waals surface area contributed by atoms with Gasteiger partial charge in [-0.15, -0.1) is 0 Å². The third kappa shape index (κ3) is 10.1. The molecule has 0 heterocycles. The molecule has 0 fully saturated rings. The minimum Gasteiger partial charge on any atom is -0.507 e. The molecular weight excluding hydrogens is 606 g/mol. The van der Waals surface area contributed by atoms with E-state index in [4.69, 9.17) is 0 Å². The Hall–Kier alpha value is -5.90. The summed E-state index contributed by atoms with van der Waals surface area (Å²) in [6.45, 7) is -0.0245. The highest BCUT2D eigenvalue weighted by Crippen LogP contribution is 2.19. The molecule has 2 amide bonds. The number of halogens is 2. The molecule has 0 aliphatic heterocycles. The molecule has 4 rings (SSSR count). The maximum atomic E-state index is 14.0. The number of carbonyl (C=O) groups is 4. The Labute approximate surface area is 270 Å². The summed E-state index contributed by atoms with van der Waals surface area (Å²) >= 11 is 0. The Balaban J connectivity index is 1.21. The van der Waals surface area contributed by atoms with Gasteiger partial charge >= 0.3 is 0 Å². The molecule has 0 aromatic heterocycles. The molecule has 0 bridgehead atoms. The van der Waals surface area contributed by atoms with Gasteiger partial charge in [0.15, 0.2) is 0 Å². The van der Waals surface area contributed by atoms with Crippen molar-refractivity contribution in [2.24, 2.45) is 0 Å². The summed E-state index contributed by atoms with van der Waals surface area (Å²) in [5.74, 6) is -5.54. The van der Waals surface area contributed by atoms with Crippen molar-refractivity contribution >= 4 is 34.9 Å². The van der Waals surface area contributed by atoms with Crippen LogP contribution in [0.25, 0.3) is 11.5 Å². The molecule has 8 nitrogen and oxygen atoms in total. The molecule has 0 saturated heterocycles. The van der Waals surface area contributed by atoms with Crippen LogP contribution in [0.5, 0.6) is 0 Å². The van der Waals surface area contributed by atoms with E-state index in [1.165, 1.54) is 12.1 Å². The Morgan fingerprint density at radius 1 is 0.574 bits per heavy atom. The first-order valence-electron chi connectivity index (χ1n) is 14.7. The first-order chi connectivity index (χ1) is 22.6. The van der Waals surface area contributed by atoms with Gasteiger partial charge in [0.05, 0.1) is 0 Å². The molecule has 240 valence electrons. The van der Waals surface area contributed by atoms with E-state index in [-0.39, 0.29) is 55.1 Å². The molecule has 0 saturated carbocycles. The van der Waals surface area contributed by atoms with E-state index in [9.17, 15) is 38.2 Å². The SMILES string of the molecule is O=C(/C=C(\O)c1cccc(Cc2ccccc2F)c1)C(=O)NCCCNC(=O)C(=O)/C=C(/O)c1cccc(Cc2ccccc2F)c1. The van der Waals surface area contributed by atoms with Crippen molar-refractivity contribution in [3.63, 3.8) is 0 Å². The predicted molar refractivity (Wildman–Crippen MR) is 173 cm³/mol. The number of rotatable bonds is 14. The number of carbonyl (C=O) groups excluding carboxylic acids is 4. The number of aliphatic hydroxyl groups is 2. The van der Waals surface area contributed by atoms with Crippen molar-refractivity contribution in [3.8, 4) is 0 Å². The van der Waals surface area contributed by atoms with Crippen LogP contribution in [0.1, 0.15) is 39.8 Å². The van der Waals surface area contributed by atoms with Crippen molar-refractivity contribution in [2.75, 3.05) is 13.1 Å². The van der Waals surface area contributed by atoms with Crippen molar-refractivity contribution in [1.29, 1.82) is 0 Å². The zero-order valence-corrected chi connectivity index (χ0v) is 25.2. The summed E-state index contributed by atoms with van der Waals surface area (Å²) in [7, 11) is 0. The maximum absolute atomic E-state index is 14.0. The smallest absolute Gasteiger partial charge is 0.291 e. The van der Waals surface area contributed by atoms with E-state index in [1.807, 2.05) is 0 Å². The third-order valence-electron chi connectivity index (χ3n) is 7.06. The molecule has 4 aromatic carbocycles. The van der Waals surface area contributed by atoms with E-state index < -0.39 is 34.9 Å². The van der Waals surface area contributed by atoms with E-state index in [0.717, 1.165) is 12.2 Å². The summed E-state index contributed by atoms with van der Waals surface area (Å²) in [5.41, 5.74) is 2.89. The van der Waals surface area contributed by atoms with Crippen molar-refractivity contribution in [1.82, 2.24) is 10.6 Å². The van der Waals surface area contributed by atoms with Crippen LogP contribution >= 0.6 is 0 Å². The van der Waals surface area contributed by atoms with E-state index in [1.54, 1.807) is 84.9 Å². The normalized spacial score (nSPS) is 11.5. The van der Waals surface area contributed by atoms with Gasteiger partial charge in [-0.3, -0.25) is 19.2 Å². The monoisotopic (exact) mass is 638 g/mol. The molecule has 0 aliphatic carbocycles. The van der Waals surface area contributed by atoms with E-state index >= 15 is 0 Å². The van der Waals surface area contributed by atoms with Crippen molar-refractivity contribution in [2.45, 2.75) is 19.3 Å². The lowest BCUT2D eigenvalue weighted by molar-refractivity contribution is -0.135. The highest BCUT2D eigenvalue weighted by atomic mass is 19.1. The highest BCUT2D eigenvalue weighted by Gasteiger charge is 2.15. The third-order valence-corrected chi connectivity index (χ3v) is 7.06. The van der Waals surface area contributed by atoms with Gasteiger partial charge < -0.3 is 20.8 Å². The van der Waals surface area contributed by atoms with Crippen LogP contribution in [-0.2, 0) is 32.0 Å². The molecule has 47 heavy (non-hydrogen) atoms. The van der Waals surface area contributed by atoms with Gasteiger partial charge in [0, 0.05) is 49.2 Å². The van der Waals surface area contributed by atoms with Crippen LogP contribution in [0, 0.1) is 11.6 Å². The second kappa shape index (κ2) is 16.4. The van der Waals surface area contributed by atoms with Crippen molar-refractivity contribution < 1.29 is 38.2 Å². The molecule has 0 aliphatic rings. The van der Waals surface area contributed by atoms with Crippen LogP contribution in [0.15, 0.2) is 109 Å². The van der Waals surface area contributed by atoms with Gasteiger partial charge in [-0.1, -0.05) is 72.8 Å². The molecule has 10 heteroatoms. The van der Waals surface area contributed by atoms with Crippen LogP contribution in [0.4, 0.5) is 8.78 Å². The standard InChI is InChI=1S/C37H32F2N2O6/c38-30-14-3-1-10-26(30)18-24-8-5-12-28(20-24)32(42)22-34(44)36(46)40-16-7-17-41-37(47)35(45)23-33(43)29-13-6-9-25(21-29)19-27-11-2-4-15-31(27)39/h1-6,8-15,20-23,42-43H,7,16-19H2,(H,40,46)(H,41,47)/b32-22-,33-23+. The van der Waals surface area contributed by atoms with Gasteiger partial charge in [-0.25, -0.2) is 8.78 Å². The number of amides is 2.